The molecule has 1 saturated heterocycles. The molecule has 0 bridgehead atoms. The Morgan fingerprint density at radius 3 is 2.83 bits per heavy atom. The van der Waals surface area contributed by atoms with Crippen LogP contribution in [0.5, 0.6) is 0 Å². The van der Waals surface area contributed by atoms with Crippen molar-refractivity contribution >= 4 is 0 Å². The Balaban J connectivity index is 1.68. The minimum Gasteiger partial charge on any atom is -0.380 e. The zero-order valence-electron chi connectivity index (χ0n) is 11.6. The summed E-state index contributed by atoms with van der Waals surface area (Å²) < 4.78 is 5.62. The highest BCUT2D eigenvalue weighted by Crippen LogP contribution is 2.30. The summed E-state index contributed by atoms with van der Waals surface area (Å²) in [5.74, 6) is 0. The minimum atomic E-state index is 0.428. The number of hydrogen-bond donors (Lipinski definition) is 1. The van der Waals surface area contributed by atoms with Gasteiger partial charge in [-0.2, -0.15) is 0 Å². The summed E-state index contributed by atoms with van der Waals surface area (Å²) in [6, 6.07) is 0. The predicted octanol–water partition coefficient (Wildman–Crippen LogP) is 2.19. The van der Waals surface area contributed by atoms with Crippen molar-refractivity contribution in [2.24, 2.45) is 0 Å². The van der Waals surface area contributed by atoms with Crippen LogP contribution in [0.4, 0.5) is 0 Å². The van der Waals surface area contributed by atoms with Crippen molar-refractivity contribution in [3.8, 4) is 0 Å². The summed E-state index contributed by atoms with van der Waals surface area (Å²) in [5, 5.41) is 3.78. The Bertz CT molecular complexity index is 243. The molecule has 1 heterocycles. The third-order valence-electron chi connectivity index (χ3n) is 4.28. The van der Waals surface area contributed by atoms with Gasteiger partial charge in [0.15, 0.2) is 0 Å². The van der Waals surface area contributed by atoms with Crippen molar-refractivity contribution in [2.45, 2.75) is 44.1 Å². The highest BCUT2D eigenvalue weighted by atomic mass is 16.5. The SMILES string of the molecule is C=CCCOCCN1CCNC2(CCCCC2)C1. The van der Waals surface area contributed by atoms with Crippen molar-refractivity contribution in [3.05, 3.63) is 12.7 Å². The third-order valence-corrected chi connectivity index (χ3v) is 4.28. The van der Waals surface area contributed by atoms with Crippen LogP contribution in [0, 0.1) is 0 Å². The Morgan fingerprint density at radius 2 is 2.06 bits per heavy atom. The third kappa shape index (κ3) is 4.08. The second-order valence-corrected chi connectivity index (χ2v) is 5.73. The molecule has 2 aliphatic rings. The first kappa shape index (κ1) is 14.0. The normalized spacial score (nSPS) is 24.2. The quantitative estimate of drug-likeness (QED) is 0.579. The van der Waals surface area contributed by atoms with Gasteiger partial charge in [0.05, 0.1) is 13.2 Å². The molecule has 2 rings (SSSR count). The van der Waals surface area contributed by atoms with Crippen LogP contribution in [0.2, 0.25) is 0 Å². The lowest BCUT2D eigenvalue weighted by Gasteiger charge is -2.46. The Morgan fingerprint density at radius 1 is 1.22 bits per heavy atom. The molecule has 0 aromatic heterocycles. The van der Waals surface area contributed by atoms with Crippen LogP contribution in [0.25, 0.3) is 0 Å². The van der Waals surface area contributed by atoms with Gasteiger partial charge in [-0.15, -0.1) is 6.58 Å². The van der Waals surface area contributed by atoms with Gasteiger partial charge < -0.3 is 10.1 Å². The van der Waals surface area contributed by atoms with E-state index < -0.39 is 0 Å². The molecule has 0 unspecified atom stereocenters. The molecule has 1 aliphatic carbocycles. The number of piperazine rings is 1. The van der Waals surface area contributed by atoms with Gasteiger partial charge in [0.2, 0.25) is 0 Å². The molecular formula is C15H28N2O. The lowest BCUT2D eigenvalue weighted by atomic mass is 9.80. The molecule has 2 fully saturated rings. The summed E-state index contributed by atoms with van der Waals surface area (Å²) >= 11 is 0. The van der Waals surface area contributed by atoms with Gasteiger partial charge in [0, 0.05) is 31.7 Å². The first-order valence-corrected chi connectivity index (χ1v) is 7.51. The van der Waals surface area contributed by atoms with Crippen LogP contribution < -0.4 is 5.32 Å². The molecule has 3 nitrogen and oxygen atoms in total. The monoisotopic (exact) mass is 252 g/mol. The van der Waals surface area contributed by atoms with E-state index in [1.165, 1.54) is 45.2 Å². The van der Waals surface area contributed by atoms with Crippen molar-refractivity contribution in [3.63, 3.8) is 0 Å². The first-order valence-electron chi connectivity index (χ1n) is 7.51. The highest BCUT2D eigenvalue weighted by Gasteiger charge is 2.35. The van der Waals surface area contributed by atoms with Gasteiger partial charge in [0.25, 0.3) is 0 Å². The zero-order valence-corrected chi connectivity index (χ0v) is 11.6. The summed E-state index contributed by atoms with van der Waals surface area (Å²) in [5.41, 5.74) is 0.428. The minimum absolute atomic E-state index is 0.428. The van der Waals surface area contributed by atoms with Gasteiger partial charge in [-0.3, -0.25) is 4.90 Å². The van der Waals surface area contributed by atoms with Gasteiger partial charge in [-0.1, -0.05) is 25.3 Å². The molecular weight excluding hydrogens is 224 g/mol. The molecule has 18 heavy (non-hydrogen) atoms. The van der Waals surface area contributed by atoms with E-state index in [2.05, 4.69) is 16.8 Å². The first-order chi connectivity index (χ1) is 8.85. The molecule has 0 amide bonds. The van der Waals surface area contributed by atoms with Crippen molar-refractivity contribution in [1.82, 2.24) is 10.2 Å². The lowest BCUT2D eigenvalue weighted by molar-refractivity contribution is 0.0609. The van der Waals surface area contributed by atoms with Gasteiger partial charge in [0.1, 0.15) is 0 Å². The molecule has 1 aliphatic heterocycles. The summed E-state index contributed by atoms with van der Waals surface area (Å²) in [6.07, 6.45) is 9.83. The maximum Gasteiger partial charge on any atom is 0.0593 e. The van der Waals surface area contributed by atoms with Gasteiger partial charge in [-0.05, 0) is 19.3 Å². The Hall–Kier alpha value is -0.380. The molecule has 0 radical (unpaired) electrons. The topological polar surface area (TPSA) is 24.5 Å². The second-order valence-electron chi connectivity index (χ2n) is 5.73. The van der Waals surface area contributed by atoms with Crippen molar-refractivity contribution in [2.75, 3.05) is 39.4 Å². The number of nitrogens with one attached hydrogen (secondary N) is 1. The van der Waals surface area contributed by atoms with Gasteiger partial charge in [-0.25, -0.2) is 0 Å². The van der Waals surface area contributed by atoms with Crippen LogP contribution in [0.1, 0.15) is 38.5 Å². The number of rotatable bonds is 6. The highest BCUT2D eigenvalue weighted by molar-refractivity contribution is 4.96. The summed E-state index contributed by atoms with van der Waals surface area (Å²) in [6.45, 7) is 10.0. The molecule has 0 aromatic carbocycles. The summed E-state index contributed by atoms with van der Waals surface area (Å²) in [7, 11) is 0. The van der Waals surface area contributed by atoms with E-state index in [4.69, 9.17) is 4.74 Å². The molecule has 104 valence electrons. The van der Waals surface area contributed by atoms with Crippen LogP contribution in [0.15, 0.2) is 12.7 Å². The van der Waals surface area contributed by atoms with E-state index >= 15 is 0 Å². The fraction of sp³-hybridized carbons (Fsp3) is 0.867. The van der Waals surface area contributed by atoms with Crippen LogP contribution in [0.3, 0.4) is 0 Å². The fourth-order valence-corrected chi connectivity index (χ4v) is 3.26. The molecule has 1 N–H and O–H groups in total. The van der Waals surface area contributed by atoms with E-state index in [1.807, 2.05) is 6.08 Å². The molecule has 0 atom stereocenters. The Kier molecular flexibility index (Phi) is 5.67. The van der Waals surface area contributed by atoms with Crippen LogP contribution in [-0.4, -0.2) is 49.8 Å². The van der Waals surface area contributed by atoms with E-state index in [9.17, 15) is 0 Å². The van der Waals surface area contributed by atoms with Crippen LogP contribution in [-0.2, 0) is 4.74 Å². The fourth-order valence-electron chi connectivity index (χ4n) is 3.26. The van der Waals surface area contributed by atoms with E-state index in [0.29, 0.717) is 5.54 Å². The standard InChI is InChI=1S/C15H28N2O/c1-2-3-12-18-13-11-17-10-9-16-15(14-17)7-5-4-6-8-15/h2,16H,1,3-14H2. The molecule has 1 saturated carbocycles. The van der Waals surface area contributed by atoms with Crippen LogP contribution >= 0.6 is 0 Å². The number of hydrogen-bond acceptors (Lipinski definition) is 3. The Labute approximate surface area is 112 Å². The number of ether oxygens (including phenoxy) is 1. The average Bonchev–Trinajstić information content (AvgIpc) is 2.40. The van der Waals surface area contributed by atoms with Crippen molar-refractivity contribution in [1.29, 1.82) is 0 Å². The molecule has 0 aromatic rings. The largest absolute Gasteiger partial charge is 0.380 e. The maximum atomic E-state index is 5.62. The molecule has 3 heteroatoms. The second kappa shape index (κ2) is 7.27. The average molecular weight is 252 g/mol. The van der Waals surface area contributed by atoms with E-state index in [-0.39, 0.29) is 0 Å². The van der Waals surface area contributed by atoms with Crippen molar-refractivity contribution < 1.29 is 4.74 Å². The number of nitrogens with zero attached hydrogens (tertiary/aromatic N) is 1. The van der Waals surface area contributed by atoms with E-state index in [0.717, 1.165) is 32.7 Å². The lowest BCUT2D eigenvalue weighted by Crippen LogP contribution is -2.61. The van der Waals surface area contributed by atoms with E-state index in [1.54, 1.807) is 0 Å². The maximum absolute atomic E-state index is 5.62. The zero-order chi connectivity index (χ0) is 12.7. The molecule has 1 spiro atoms. The predicted molar refractivity (Wildman–Crippen MR) is 75.9 cm³/mol. The smallest absolute Gasteiger partial charge is 0.0593 e. The summed E-state index contributed by atoms with van der Waals surface area (Å²) in [4.78, 5) is 2.58. The van der Waals surface area contributed by atoms with Gasteiger partial charge >= 0.3 is 0 Å².